The van der Waals surface area contributed by atoms with Crippen LogP contribution in [-0.2, 0) is 11.3 Å². The van der Waals surface area contributed by atoms with Gasteiger partial charge in [0.05, 0.1) is 21.8 Å². The number of anilines is 1. The van der Waals surface area contributed by atoms with Gasteiger partial charge >= 0.3 is 0 Å². The molecule has 2 heterocycles. The number of carbonyl (C=O) groups is 1. The molecule has 1 amide bonds. The zero-order valence-electron chi connectivity index (χ0n) is 15.9. The minimum absolute atomic E-state index is 0.152. The molecule has 5 nitrogen and oxygen atoms in total. The Labute approximate surface area is 180 Å². The number of rotatable bonds is 7. The number of amides is 1. The van der Waals surface area contributed by atoms with Crippen molar-refractivity contribution in [1.82, 2.24) is 14.2 Å². The van der Waals surface area contributed by atoms with Crippen molar-refractivity contribution in [1.29, 1.82) is 0 Å². The van der Waals surface area contributed by atoms with Crippen LogP contribution in [0.2, 0.25) is 10.0 Å². The highest BCUT2D eigenvalue weighted by molar-refractivity contribution is 7.97. The van der Waals surface area contributed by atoms with Gasteiger partial charge in [0.1, 0.15) is 0 Å². The third-order valence-corrected chi connectivity index (χ3v) is 6.61. The fraction of sp³-hybridized carbons (Fsp3) is 0.450. The van der Waals surface area contributed by atoms with E-state index in [1.165, 1.54) is 11.9 Å². The van der Waals surface area contributed by atoms with Crippen molar-refractivity contribution in [3.05, 3.63) is 46.7 Å². The van der Waals surface area contributed by atoms with Crippen molar-refractivity contribution < 1.29 is 4.79 Å². The SMILES string of the molecule is CC1CCN(C(=O)C(CCn2cccc2)NSc2cc(Cl)c(N)c(Cl)c2)CC1. The second-order valence-electron chi connectivity index (χ2n) is 7.29. The van der Waals surface area contributed by atoms with Gasteiger partial charge in [-0.1, -0.05) is 30.1 Å². The summed E-state index contributed by atoms with van der Waals surface area (Å²) in [5.74, 6) is 0.836. The summed E-state index contributed by atoms with van der Waals surface area (Å²) in [6.07, 6.45) is 6.84. The largest absolute Gasteiger partial charge is 0.396 e. The highest BCUT2D eigenvalue weighted by Gasteiger charge is 2.27. The minimum Gasteiger partial charge on any atom is -0.396 e. The quantitative estimate of drug-likeness (QED) is 0.483. The van der Waals surface area contributed by atoms with E-state index < -0.39 is 0 Å². The molecular formula is C20H26Cl2N4OS. The van der Waals surface area contributed by atoms with Crippen molar-refractivity contribution in [2.75, 3.05) is 18.8 Å². The summed E-state index contributed by atoms with van der Waals surface area (Å²) in [6, 6.07) is 7.20. The van der Waals surface area contributed by atoms with Crippen LogP contribution in [0.25, 0.3) is 0 Å². The third-order valence-electron chi connectivity index (χ3n) is 5.11. The number of benzene rings is 1. The van der Waals surface area contributed by atoms with Crippen LogP contribution in [0, 0.1) is 5.92 Å². The highest BCUT2D eigenvalue weighted by Crippen LogP contribution is 2.32. The fourth-order valence-electron chi connectivity index (χ4n) is 3.24. The van der Waals surface area contributed by atoms with Crippen molar-refractivity contribution in [3.63, 3.8) is 0 Å². The van der Waals surface area contributed by atoms with E-state index in [1.807, 2.05) is 29.4 Å². The number of aryl methyl sites for hydroxylation is 1. The number of carbonyl (C=O) groups excluding carboxylic acids is 1. The standard InChI is InChI=1S/C20H26Cl2N4OS/c1-14-4-10-26(11-5-14)20(27)18(6-9-25-7-2-3-8-25)24-28-15-12-16(21)19(23)17(22)13-15/h2-3,7-8,12-14,18,24H,4-6,9-11,23H2,1H3. The zero-order chi connectivity index (χ0) is 20.1. The van der Waals surface area contributed by atoms with E-state index in [4.69, 9.17) is 28.9 Å². The molecule has 0 aliphatic carbocycles. The number of likely N-dealkylation sites (tertiary alicyclic amines) is 1. The Morgan fingerprint density at radius 3 is 2.46 bits per heavy atom. The topological polar surface area (TPSA) is 63.3 Å². The molecule has 28 heavy (non-hydrogen) atoms. The van der Waals surface area contributed by atoms with Gasteiger partial charge in [-0.25, -0.2) is 4.72 Å². The average molecular weight is 441 g/mol. The van der Waals surface area contributed by atoms with Crippen molar-refractivity contribution in [3.8, 4) is 0 Å². The summed E-state index contributed by atoms with van der Waals surface area (Å²) in [4.78, 5) is 16.0. The average Bonchev–Trinajstić information content (AvgIpc) is 3.19. The fourth-order valence-corrected chi connectivity index (χ4v) is 4.71. The smallest absolute Gasteiger partial charge is 0.240 e. The molecule has 1 atom stereocenters. The summed E-state index contributed by atoms with van der Waals surface area (Å²) in [6.45, 7) is 4.66. The highest BCUT2D eigenvalue weighted by atomic mass is 35.5. The summed E-state index contributed by atoms with van der Waals surface area (Å²) >= 11 is 13.6. The number of piperidine rings is 1. The normalized spacial score (nSPS) is 16.3. The number of hydrogen-bond donors (Lipinski definition) is 2. The van der Waals surface area contributed by atoms with Crippen molar-refractivity contribution in [2.45, 2.75) is 43.7 Å². The van der Waals surface area contributed by atoms with Gasteiger partial charge in [-0.3, -0.25) is 4.79 Å². The maximum Gasteiger partial charge on any atom is 0.240 e. The van der Waals surface area contributed by atoms with E-state index in [-0.39, 0.29) is 11.9 Å². The number of nitrogens with zero attached hydrogens (tertiary/aromatic N) is 2. The van der Waals surface area contributed by atoms with E-state index >= 15 is 0 Å². The molecule has 1 fully saturated rings. The van der Waals surface area contributed by atoms with Crippen LogP contribution in [0.1, 0.15) is 26.2 Å². The first-order valence-corrected chi connectivity index (χ1v) is 11.1. The number of nitrogens with two attached hydrogens (primary N) is 1. The van der Waals surface area contributed by atoms with Gasteiger partial charge in [0, 0.05) is 36.9 Å². The Bertz CT molecular complexity index is 769. The Morgan fingerprint density at radius 2 is 1.86 bits per heavy atom. The second kappa shape index (κ2) is 9.92. The first kappa shape index (κ1) is 21.4. The van der Waals surface area contributed by atoms with Crippen LogP contribution < -0.4 is 10.5 Å². The predicted octanol–water partition coefficient (Wildman–Crippen LogP) is 4.69. The molecule has 3 N–H and O–H groups in total. The van der Waals surface area contributed by atoms with Crippen LogP contribution in [0.3, 0.4) is 0 Å². The Kier molecular flexibility index (Phi) is 7.57. The molecule has 0 radical (unpaired) electrons. The molecule has 0 saturated carbocycles. The molecule has 1 aromatic heterocycles. The van der Waals surface area contributed by atoms with Crippen LogP contribution >= 0.6 is 35.1 Å². The van der Waals surface area contributed by atoms with Crippen molar-refractivity contribution >= 4 is 46.7 Å². The number of hydrogen-bond acceptors (Lipinski definition) is 4. The van der Waals surface area contributed by atoms with E-state index in [9.17, 15) is 4.79 Å². The molecule has 1 saturated heterocycles. The van der Waals surface area contributed by atoms with Gasteiger partial charge in [0.25, 0.3) is 0 Å². The maximum absolute atomic E-state index is 13.1. The zero-order valence-corrected chi connectivity index (χ0v) is 18.2. The van der Waals surface area contributed by atoms with Crippen molar-refractivity contribution in [2.24, 2.45) is 5.92 Å². The summed E-state index contributed by atoms with van der Waals surface area (Å²) < 4.78 is 5.42. The van der Waals surface area contributed by atoms with Gasteiger partial charge in [0.15, 0.2) is 0 Å². The number of aromatic nitrogens is 1. The van der Waals surface area contributed by atoms with Crippen LogP contribution in [0.15, 0.2) is 41.6 Å². The Morgan fingerprint density at radius 1 is 1.25 bits per heavy atom. The molecule has 8 heteroatoms. The van der Waals surface area contributed by atoms with Crippen LogP contribution in [0.4, 0.5) is 5.69 Å². The molecule has 1 aromatic carbocycles. The molecule has 0 bridgehead atoms. The van der Waals surface area contributed by atoms with Gasteiger partial charge in [-0.2, -0.15) is 0 Å². The molecule has 1 aliphatic heterocycles. The molecule has 2 aromatic rings. The lowest BCUT2D eigenvalue weighted by Crippen LogP contribution is -2.47. The van der Waals surface area contributed by atoms with E-state index in [0.717, 1.165) is 37.4 Å². The minimum atomic E-state index is -0.295. The van der Waals surface area contributed by atoms with Gasteiger partial charge in [0.2, 0.25) is 5.91 Å². The first-order chi connectivity index (χ1) is 13.4. The van der Waals surface area contributed by atoms with E-state index in [0.29, 0.717) is 28.1 Å². The van der Waals surface area contributed by atoms with E-state index in [1.54, 1.807) is 12.1 Å². The molecule has 0 spiro atoms. The number of halogens is 2. The summed E-state index contributed by atoms with van der Waals surface area (Å²) in [5, 5.41) is 0.828. The van der Waals surface area contributed by atoms with Crippen LogP contribution in [-0.4, -0.2) is 34.5 Å². The van der Waals surface area contributed by atoms with Crippen LogP contribution in [0.5, 0.6) is 0 Å². The summed E-state index contributed by atoms with van der Waals surface area (Å²) in [7, 11) is 0. The van der Waals surface area contributed by atoms with E-state index in [2.05, 4.69) is 16.2 Å². The Balaban J connectivity index is 1.67. The lowest BCUT2D eigenvalue weighted by molar-refractivity contribution is -0.134. The van der Waals surface area contributed by atoms with Gasteiger partial charge in [-0.05, 0) is 61.4 Å². The lowest BCUT2D eigenvalue weighted by atomic mass is 9.98. The lowest BCUT2D eigenvalue weighted by Gasteiger charge is -2.33. The number of nitrogen functional groups attached to an aromatic ring is 1. The molecule has 152 valence electrons. The number of nitrogens with one attached hydrogen (secondary N) is 1. The molecule has 3 rings (SSSR count). The second-order valence-corrected chi connectivity index (χ2v) is 9.02. The molecular weight excluding hydrogens is 415 g/mol. The summed E-state index contributed by atoms with van der Waals surface area (Å²) in [5.41, 5.74) is 6.18. The Hall–Kier alpha value is -1.34. The molecule has 1 unspecified atom stereocenters. The third kappa shape index (κ3) is 5.60. The predicted molar refractivity (Wildman–Crippen MR) is 118 cm³/mol. The maximum atomic E-state index is 13.1. The van der Waals surface area contributed by atoms with Gasteiger partial charge in [-0.15, -0.1) is 0 Å². The van der Waals surface area contributed by atoms with Gasteiger partial charge < -0.3 is 15.2 Å². The monoisotopic (exact) mass is 440 g/mol. The first-order valence-electron chi connectivity index (χ1n) is 9.50. The molecule has 1 aliphatic rings.